The van der Waals surface area contributed by atoms with Gasteiger partial charge in [0.15, 0.2) is 0 Å². The van der Waals surface area contributed by atoms with Crippen molar-refractivity contribution >= 4 is 5.91 Å². The van der Waals surface area contributed by atoms with Crippen molar-refractivity contribution in [2.24, 2.45) is 5.41 Å². The van der Waals surface area contributed by atoms with Crippen molar-refractivity contribution < 1.29 is 13.6 Å². The number of halogens is 2. The van der Waals surface area contributed by atoms with Crippen LogP contribution in [0.4, 0.5) is 8.78 Å². The Morgan fingerprint density at radius 2 is 2.07 bits per heavy atom. The molecule has 1 amide bonds. The predicted octanol–water partition coefficient (Wildman–Crippen LogP) is 1.45. The number of amides is 1. The lowest BCUT2D eigenvalue weighted by Gasteiger charge is -2.18. The zero-order chi connectivity index (χ0) is 10.6. The molecule has 1 rings (SSSR count). The van der Waals surface area contributed by atoms with Crippen LogP contribution in [0, 0.1) is 16.7 Å². The molecule has 3 nitrogen and oxygen atoms in total. The highest BCUT2D eigenvalue weighted by Crippen LogP contribution is 2.37. The van der Waals surface area contributed by atoms with E-state index in [1.54, 1.807) is 0 Å². The van der Waals surface area contributed by atoms with E-state index in [0.29, 0.717) is 12.8 Å². The number of carbonyl (C=O) groups is 1. The highest BCUT2D eigenvalue weighted by molar-refractivity contribution is 5.85. The predicted molar refractivity (Wildman–Crippen MR) is 45.5 cm³/mol. The molecule has 5 heteroatoms. The van der Waals surface area contributed by atoms with Gasteiger partial charge in [-0.3, -0.25) is 4.79 Å². The van der Waals surface area contributed by atoms with E-state index in [9.17, 15) is 13.6 Å². The van der Waals surface area contributed by atoms with Crippen LogP contribution >= 0.6 is 0 Å². The maximum Gasteiger partial charge on any atom is 0.255 e. The largest absolute Gasteiger partial charge is 0.349 e. The Hall–Kier alpha value is -1.18. The van der Waals surface area contributed by atoms with Crippen molar-refractivity contribution in [2.45, 2.75) is 32.1 Å². The SMILES string of the molecule is N#CC1(C(=O)NCC(F)F)CCCC1. The molecular weight excluding hydrogens is 190 g/mol. The quantitative estimate of drug-likeness (QED) is 0.753. The average molecular weight is 202 g/mol. The second-order valence-electron chi connectivity index (χ2n) is 3.50. The average Bonchev–Trinajstić information content (AvgIpc) is 2.63. The van der Waals surface area contributed by atoms with Crippen LogP contribution in [-0.4, -0.2) is 18.9 Å². The number of hydrogen-bond donors (Lipinski definition) is 1. The summed E-state index contributed by atoms with van der Waals surface area (Å²) < 4.78 is 23.6. The van der Waals surface area contributed by atoms with Crippen molar-refractivity contribution in [3.63, 3.8) is 0 Å². The molecule has 1 saturated carbocycles. The number of alkyl halides is 2. The van der Waals surface area contributed by atoms with Crippen molar-refractivity contribution in [3.8, 4) is 6.07 Å². The molecule has 1 fully saturated rings. The molecule has 0 bridgehead atoms. The van der Waals surface area contributed by atoms with Crippen LogP contribution in [0.3, 0.4) is 0 Å². The van der Waals surface area contributed by atoms with E-state index in [2.05, 4.69) is 5.32 Å². The van der Waals surface area contributed by atoms with Gasteiger partial charge in [-0.05, 0) is 12.8 Å². The van der Waals surface area contributed by atoms with E-state index < -0.39 is 24.3 Å². The molecule has 0 aromatic heterocycles. The molecule has 1 N–H and O–H groups in total. The van der Waals surface area contributed by atoms with Gasteiger partial charge in [0.25, 0.3) is 6.43 Å². The molecule has 0 aliphatic heterocycles. The molecule has 0 aromatic rings. The number of carbonyl (C=O) groups excluding carboxylic acids is 1. The number of nitriles is 1. The molecule has 14 heavy (non-hydrogen) atoms. The zero-order valence-electron chi connectivity index (χ0n) is 7.72. The smallest absolute Gasteiger partial charge is 0.255 e. The van der Waals surface area contributed by atoms with Gasteiger partial charge in [0, 0.05) is 0 Å². The second-order valence-corrected chi connectivity index (χ2v) is 3.50. The summed E-state index contributed by atoms with van der Waals surface area (Å²) in [5.41, 5.74) is -1.05. The molecule has 0 atom stereocenters. The molecule has 0 unspecified atom stereocenters. The molecular formula is C9H12F2N2O. The number of hydrogen-bond acceptors (Lipinski definition) is 2. The molecule has 1 aliphatic carbocycles. The second kappa shape index (κ2) is 4.36. The lowest BCUT2D eigenvalue weighted by molar-refractivity contribution is -0.128. The standard InChI is InChI=1S/C9H12F2N2O/c10-7(11)5-13-8(14)9(6-12)3-1-2-4-9/h7H,1-5H2,(H,13,14). The lowest BCUT2D eigenvalue weighted by atomic mass is 9.87. The Morgan fingerprint density at radius 1 is 1.50 bits per heavy atom. The molecule has 0 heterocycles. The van der Waals surface area contributed by atoms with Crippen molar-refractivity contribution in [2.75, 3.05) is 6.54 Å². The van der Waals surface area contributed by atoms with Gasteiger partial charge in [0.05, 0.1) is 12.6 Å². The molecule has 1 aliphatic rings. The third-order valence-corrected chi connectivity index (χ3v) is 2.52. The minimum absolute atomic E-state index is 0.485. The first-order valence-electron chi connectivity index (χ1n) is 4.58. The summed E-state index contributed by atoms with van der Waals surface area (Å²) in [5, 5.41) is 11.0. The van der Waals surface area contributed by atoms with Crippen molar-refractivity contribution in [1.82, 2.24) is 5.32 Å². The van der Waals surface area contributed by atoms with Gasteiger partial charge in [-0.1, -0.05) is 12.8 Å². The van der Waals surface area contributed by atoms with Gasteiger partial charge in [0.2, 0.25) is 5.91 Å². The molecule has 0 spiro atoms. The van der Waals surface area contributed by atoms with Gasteiger partial charge >= 0.3 is 0 Å². The summed E-state index contributed by atoms with van der Waals surface area (Å²) in [6.45, 7) is -0.664. The van der Waals surface area contributed by atoms with E-state index in [-0.39, 0.29) is 0 Å². The first kappa shape index (κ1) is 10.9. The summed E-state index contributed by atoms with van der Waals surface area (Å²) >= 11 is 0. The van der Waals surface area contributed by atoms with Crippen LogP contribution in [0.2, 0.25) is 0 Å². The van der Waals surface area contributed by atoms with Gasteiger partial charge in [-0.2, -0.15) is 5.26 Å². The van der Waals surface area contributed by atoms with Crippen LogP contribution in [0.15, 0.2) is 0 Å². The maximum absolute atomic E-state index is 11.8. The fraction of sp³-hybridized carbons (Fsp3) is 0.778. The van der Waals surface area contributed by atoms with Gasteiger partial charge in [-0.25, -0.2) is 8.78 Å². The van der Waals surface area contributed by atoms with Crippen LogP contribution < -0.4 is 5.32 Å². The first-order chi connectivity index (χ1) is 6.60. The zero-order valence-corrected chi connectivity index (χ0v) is 7.72. The first-order valence-corrected chi connectivity index (χ1v) is 4.58. The van der Waals surface area contributed by atoms with E-state index in [1.807, 2.05) is 6.07 Å². The van der Waals surface area contributed by atoms with Crippen molar-refractivity contribution in [3.05, 3.63) is 0 Å². The van der Waals surface area contributed by atoms with Crippen LogP contribution in [-0.2, 0) is 4.79 Å². The number of nitrogens with zero attached hydrogens (tertiary/aromatic N) is 1. The Bertz CT molecular complexity index is 254. The third kappa shape index (κ3) is 2.19. The summed E-state index contributed by atoms with van der Waals surface area (Å²) in [4.78, 5) is 11.4. The van der Waals surface area contributed by atoms with E-state index >= 15 is 0 Å². The minimum Gasteiger partial charge on any atom is -0.349 e. The number of nitrogens with one attached hydrogen (secondary N) is 1. The van der Waals surface area contributed by atoms with E-state index in [1.165, 1.54) is 0 Å². The minimum atomic E-state index is -2.56. The topological polar surface area (TPSA) is 52.9 Å². The van der Waals surface area contributed by atoms with Crippen LogP contribution in [0.5, 0.6) is 0 Å². The maximum atomic E-state index is 11.8. The fourth-order valence-corrected chi connectivity index (χ4v) is 1.71. The fourth-order valence-electron chi connectivity index (χ4n) is 1.71. The molecule has 0 radical (unpaired) electrons. The highest BCUT2D eigenvalue weighted by Gasteiger charge is 2.41. The Labute approximate surface area is 81.1 Å². The lowest BCUT2D eigenvalue weighted by Crippen LogP contribution is -2.40. The Kier molecular flexibility index (Phi) is 3.39. The molecule has 78 valence electrons. The van der Waals surface area contributed by atoms with Gasteiger partial charge in [-0.15, -0.1) is 0 Å². The summed E-state index contributed by atoms with van der Waals surface area (Å²) in [5.74, 6) is -0.544. The Balaban J connectivity index is 2.53. The number of rotatable bonds is 3. The summed E-state index contributed by atoms with van der Waals surface area (Å²) in [6, 6.07) is 1.94. The van der Waals surface area contributed by atoms with E-state index in [4.69, 9.17) is 5.26 Å². The van der Waals surface area contributed by atoms with Gasteiger partial charge in [0.1, 0.15) is 5.41 Å². The molecule has 0 aromatic carbocycles. The molecule has 0 saturated heterocycles. The Morgan fingerprint density at radius 3 is 2.50 bits per heavy atom. The van der Waals surface area contributed by atoms with Gasteiger partial charge < -0.3 is 5.32 Å². The third-order valence-electron chi connectivity index (χ3n) is 2.52. The van der Waals surface area contributed by atoms with Crippen LogP contribution in [0.25, 0.3) is 0 Å². The summed E-state index contributed by atoms with van der Waals surface area (Å²) in [7, 11) is 0. The van der Waals surface area contributed by atoms with Crippen molar-refractivity contribution in [1.29, 1.82) is 5.26 Å². The van der Waals surface area contributed by atoms with E-state index in [0.717, 1.165) is 12.8 Å². The monoisotopic (exact) mass is 202 g/mol. The summed E-state index contributed by atoms with van der Waals surface area (Å²) in [6.07, 6.45) is 0.0405. The highest BCUT2D eigenvalue weighted by atomic mass is 19.3. The van der Waals surface area contributed by atoms with Crippen LogP contribution in [0.1, 0.15) is 25.7 Å². The normalized spacial score (nSPS) is 19.3.